The second kappa shape index (κ2) is 5.74. The number of carbonyl (C=O) groups excluding carboxylic acids is 1. The molecule has 1 aromatic heterocycles. The number of halogens is 1. The molecule has 0 radical (unpaired) electrons. The molecule has 0 atom stereocenters. The van der Waals surface area contributed by atoms with Crippen molar-refractivity contribution in [2.75, 3.05) is 12.3 Å². The lowest BCUT2D eigenvalue weighted by molar-refractivity contribution is 0.0951. The predicted molar refractivity (Wildman–Crippen MR) is 77.1 cm³/mol. The molecule has 0 saturated heterocycles. The fraction of sp³-hybridized carbons (Fsp3) is 0.167. The van der Waals surface area contributed by atoms with E-state index in [-0.39, 0.29) is 18.0 Å². The van der Waals surface area contributed by atoms with Gasteiger partial charge in [0.05, 0.1) is 16.3 Å². The Morgan fingerprint density at radius 1 is 1.35 bits per heavy atom. The summed E-state index contributed by atoms with van der Waals surface area (Å²) in [6, 6.07) is 8.59. The van der Waals surface area contributed by atoms with Crippen LogP contribution in [0.15, 0.2) is 30.3 Å². The van der Waals surface area contributed by atoms with E-state index >= 15 is 0 Å². The zero-order chi connectivity index (χ0) is 14.8. The Bertz CT molecular complexity index is 762. The van der Waals surface area contributed by atoms with Gasteiger partial charge in [-0.3, -0.25) is 4.79 Å². The molecule has 8 heteroatoms. The number of nitrogens with two attached hydrogens (primary N) is 1. The van der Waals surface area contributed by atoms with Crippen LogP contribution >= 0.6 is 11.6 Å². The van der Waals surface area contributed by atoms with E-state index < -0.39 is 15.9 Å². The average molecular weight is 314 g/mol. The number of nitrogens with zero attached hydrogens (tertiary/aromatic N) is 1. The van der Waals surface area contributed by atoms with Gasteiger partial charge in [-0.1, -0.05) is 29.8 Å². The number of nitrogens with one attached hydrogen (secondary N) is 1. The van der Waals surface area contributed by atoms with E-state index in [4.69, 9.17) is 16.7 Å². The number of primary sulfonamides is 1. The van der Waals surface area contributed by atoms with Crippen molar-refractivity contribution in [1.29, 1.82) is 0 Å². The minimum atomic E-state index is -3.61. The quantitative estimate of drug-likeness (QED) is 0.875. The number of carbonyl (C=O) groups is 1. The molecule has 1 heterocycles. The summed E-state index contributed by atoms with van der Waals surface area (Å²) in [5, 5.41) is 8.43. The van der Waals surface area contributed by atoms with Crippen molar-refractivity contribution in [3.63, 3.8) is 0 Å². The molecule has 3 N–H and O–H groups in total. The Hall–Kier alpha value is -1.70. The molecule has 0 aliphatic rings. The highest BCUT2D eigenvalue weighted by Gasteiger charge is 2.11. The van der Waals surface area contributed by atoms with Crippen molar-refractivity contribution >= 4 is 38.4 Å². The lowest BCUT2D eigenvalue weighted by atomic mass is 10.2. The van der Waals surface area contributed by atoms with Gasteiger partial charge in [0.2, 0.25) is 10.0 Å². The molecule has 0 aliphatic heterocycles. The highest BCUT2D eigenvalue weighted by atomic mass is 35.5. The second-order valence-corrected chi connectivity index (χ2v) is 6.27. The number of hydrogen-bond donors (Lipinski definition) is 2. The van der Waals surface area contributed by atoms with Crippen LogP contribution in [0.5, 0.6) is 0 Å². The molecule has 0 aliphatic carbocycles. The first kappa shape index (κ1) is 14.7. The van der Waals surface area contributed by atoms with Crippen LogP contribution in [0.1, 0.15) is 10.5 Å². The fourth-order valence-electron chi connectivity index (χ4n) is 1.65. The highest BCUT2D eigenvalue weighted by Crippen LogP contribution is 2.22. The Balaban J connectivity index is 2.18. The molecule has 0 spiro atoms. The van der Waals surface area contributed by atoms with Crippen molar-refractivity contribution in [2.45, 2.75) is 0 Å². The molecule has 1 aromatic carbocycles. The van der Waals surface area contributed by atoms with Gasteiger partial charge in [-0.15, -0.1) is 0 Å². The van der Waals surface area contributed by atoms with Gasteiger partial charge >= 0.3 is 0 Å². The summed E-state index contributed by atoms with van der Waals surface area (Å²) in [5.74, 6) is -0.832. The van der Waals surface area contributed by atoms with Gasteiger partial charge in [0, 0.05) is 11.9 Å². The zero-order valence-electron chi connectivity index (χ0n) is 10.3. The molecule has 106 valence electrons. The summed E-state index contributed by atoms with van der Waals surface area (Å²) in [6.45, 7) is -0.0796. The molecule has 0 unspecified atom stereocenters. The maximum absolute atomic E-state index is 11.9. The first-order chi connectivity index (χ1) is 9.37. The third kappa shape index (κ3) is 3.66. The summed E-state index contributed by atoms with van der Waals surface area (Å²) < 4.78 is 21.5. The number of rotatable bonds is 4. The van der Waals surface area contributed by atoms with Gasteiger partial charge in [-0.05, 0) is 12.1 Å². The van der Waals surface area contributed by atoms with Gasteiger partial charge in [0.15, 0.2) is 0 Å². The Morgan fingerprint density at radius 2 is 2.05 bits per heavy atom. The summed E-state index contributed by atoms with van der Waals surface area (Å²) >= 11 is 6.08. The van der Waals surface area contributed by atoms with Crippen LogP contribution in [0, 0.1) is 0 Å². The van der Waals surface area contributed by atoms with Crippen molar-refractivity contribution in [2.24, 2.45) is 5.14 Å². The fourth-order valence-corrected chi connectivity index (χ4v) is 2.30. The first-order valence-electron chi connectivity index (χ1n) is 5.71. The van der Waals surface area contributed by atoms with Crippen molar-refractivity contribution in [3.05, 3.63) is 41.0 Å². The molecule has 0 saturated carbocycles. The maximum atomic E-state index is 11.9. The van der Waals surface area contributed by atoms with E-state index in [0.29, 0.717) is 10.5 Å². The highest BCUT2D eigenvalue weighted by molar-refractivity contribution is 7.89. The van der Waals surface area contributed by atoms with Crippen LogP contribution in [-0.2, 0) is 10.0 Å². The van der Waals surface area contributed by atoms with Crippen LogP contribution in [0.3, 0.4) is 0 Å². The van der Waals surface area contributed by atoms with E-state index in [2.05, 4.69) is 10.3 Å². The molecular formula is C12H12ClN3O3S. The maximum Gasteiger partial charge on any atom is 0.269 e. The van der Waals surface area contributed by atoms with Crippen LogP contribution in [0.25, 0.3) is 10.9 Å². The summed E-state index contributed by atoms with van der Waals surface area (Å²) in [6.07, 6.45) is 0. The molecule has 0 fully saturated rings. The number of para-hydroxylation sites is 1. The third-order valence-corrected chi connectivity index (χ3v) is 3.66. The van der Waals surface area contributed by atoms with Crippen LogP contribution in [-0.4, -0.2) is 31.6 Å². The van der Waals surface area contributed by atoms with E-state index in [1.54, 1.807) is 18.2 Å². The number of fused-ring (bicyclic) bond motifs is 1. The van der Waals surface area contributed by atoms with Gasteiger partial charge in [0.1, 0.15) is 5.69 Å². The Labute approximate surface area is 121 Å². The molecule has 6 nitrogen and oxygen atoms in total. The number of hydrogen-bond acceptors (Lipinski definition) is 4. The zero-order valence-corrected chi connectivity index (χ0v) is 11.9. The number of amides is 1. The molecule has 2 aromatic rings. The lowest BCUT2D eigenvalue weighted by Gasteiger charge is -2.06. The molecule has 2 rings (SSSR count). The second-order valence-electron chi connectivity index (χ2n) is 4.13. The third-order valence-electron chi connectivity index (χ3n) is 2.57. The minimum Gasteiger partial charge on any atom is -0.350 e. The van der Waals surface area contributed by atoms with Gasteiger partial charge < -0.3 is 5.32 Å². The van der Waals surface area contributed by atoms with Crippen LogP contribution in [0.2, 0.25) is 5.02 Å². The van der Waals surface area contributed by atoms with E-state index in [1.807, 2.05) is 6.07 Å². The van der Waals surface area contributed by atoms with Gasteiger partial charge in [0.25, 0.3) is 5.91 Å². The van der Waals surface area contributed by atoms with E-state index in [1.165, 1.54) is 6.07 Å². The monoisotopic (exact) mass is 313 g/mol. The molecular weight excluding hydrogens is 302 g/mol. The topological polar surface area (TPSA) is 102 Å². The van der Waals surface area contributed by atoms with E-state index in [0.717, 1.165) is 5.39 Å². The largest absolute Gasteiger partial charge is 0.350 e. The normalized spacial score (nSPS) is 11.5. The average Bonchev–Trinajstić information content (AvgIpc) is 2.37. The molecule has 0 bridgehead atoms. The van der Waals surface area contributed by atoms with E-state index in [9.17, 15) is 13.2 Å². The van der Waals surface area contributed by atoms with Gasteiger partial charge in [-0.25, -0.2) is 18.5 Å². The number of pyridine rings is 1. The smallest absolute Gasteiger partial charge is 0.269 e. The Kier molecular flexibility index (Phi) is 4.22. The SMILES string of the molecule is NS(=O)(=O)CCNC(=O)c1cc(Cl)c2ccccc2n1. The number of sulfonamides is 1. The van der Waals surface area contributed by atoms with Crippen molar-refractivity contribution in [3.8, 4) is 0 Å². The summed E-state index contributed by atoms with van der Waals surface area (Å²) in [4.78, 5) is 16.0. The van der Waals surface area contributed by atoms with Crippen molar-refractivity contribution in [1.82, 2.24) is 10.3 Å². The number of aromatic nitrogens is 1. The first-order valence-corrected chi connectivity index (χ1v) is 7.80. The summed E-state index contributed by atoms with van der Waals surface area (Å²) in [5.41, 5.74) is 0.722. The Morgan fingerprint density at radius 3 is 2.75 bits per heavy atom. The standard InChI is InChI=1S/C12H12ClN3O3S/c13-9-7-11(12(17)15-5-6-20(14,18)19)16-10-4-2-1-3-8(9)10/h1-4,7H,5-6H2,(H,15,17)(H2,14,18,19). The lowest BCUT2D eigenvalue weighted by Crippen LogP contribution is -2.31. The number of benzene rings is 1. The molecule has 20 heavy (non-hydrogen) atoms. The van der Waals surface area contributed by atoms with Gasteiger partial charge in [-0.2, -0.15) is 0 Å². The minimum absolute atomic E-state index is 0.0796. The summed E-state index contributed by atoms with van der Waals surface area (Å²) in [7, 11) is -3.61. The molecule has 1 amide bonds. The van der Waals surface area contributed by atoms with Crippen molar-refractivity contribution < 1.29 is 13.2 Å². The predicted octanol–water partition coefficient (Wildman–Crippen LogP) is 0.907. The van der Waals surface area contributed by atoms with Crippen LogP contribution < -0.4 is 10.5 Å². The van der Waals surface area contributed by atoms with Crippen LogP contribution in [0.4, 0.5) is 0 Å².